The lowest BCUT2D eigenvalue weighted by Gasteiger charge is -2.36. The van der Waals surface area contributed by atoms with Crippen molar-refractivity contribution in [2.24, 2.45) is 22.9 Å². The van der Waals surface area contributed by atoms with E-state index in [1.165, 1.54) is 21.1 Å². The van der Waals surface area contributed by atoms with Gasteiger partial charge in [0.2, 0.25) is 0 Å². The van der Waals surface area contributed by atoms with Crippen molar-refractivity contribution in [2.75, 3.05) is 14.2 Å². The number of carbonyl (C=O) groups is 2. The topological polar surface area (TPSA) is 131 Å². The van der Waals surface area contributed by atoms with E-state index in [0.29, 0.717) is 0 Å². The fourth-order valence-corrected chi connectivity index (χ4v) is 3.32. The molecule has 0 heterocycles. The van der Waals surface area contributed by atoms with Crippen molar-refractivity contribution in [1.82, 2.24) is 0 Å². The number of hydrogen-bond donors (Lipinski definition) is 1. The highest BCUT2D eigenvalue weighted by Crippen LogP contribution is 2.58. The van der Waals surface area contributed by atoms with Gasteiger partial charge >= 0.3 is 11.9 Å². The summed E-state index contributed by atoms with van der Waals surface area (Å²) in [6.45, 7) is 1.24. The van der Waals surface area contributed by atoms with E-state index in [1.807, 2.05) is 0 Å². The average Bonchev–Trinajstić information content (AvgIpc) is 3.17. The lowest BCUT2D eigenvalue weighted by Crippen LogP contribution is -2.52. The van der Waals surface area contributed by atoms with Crippen LogP contribution in [0.25, 0.3) is 10.4 Å². The first-order valence-corrected chi connectivity index (χ1v) is 6.48. The zero-order valence-corrected chi connectivity index (χ0v) is 11.9. The first-order chi connectivity index (χ1) is 9.97. The third-order valence-electron chi connectivity index (χ3n) is 4.15. The van der Waals surface area contributed by atoms with E-state index in [4.69, 9.17) is 19.7 Å². The van der Waals surface area contributed by atoms with Gasteiger partial charge in [0.1, 0.15) is 12.2 Å². The first-order valence-electron chi connectivity index (χ1n) is 6.48. The maximum Gasteiger partial charge on any atom is 0.309 e. The minimum Gasteiger partial charge on any atom is -0.469 e. The monoisotopic (exact) mass is 299 g/mol. The van der Waals surface area contributed by atoms with Crippen LogP contribution in [0.4, 0.5) is 0 Å². The van der Waals surface area contributed by atoms with Crippen LogP contribution in [0.15, 0.2) is 5.11 Å². The summed E-state index contributed by atoms with van der Waals surface area (Å²) in [6, 6.07) is -0.819. The summed E-state index contributed by atoms with van der Waals surface area (Å²) in [7, 11) is 2.60. The quantitative estimate of drug-likeness (QED) is 0.337. The molecule has 0 unspecified atom stereocenters. The molecular weight excluding hydrogens is 282 g/mol. The number of carbonyl (C=O) groups excluding carboxylic acids is 2. The van der Waals surface area contributed by atoms with Crippen molar-refractivity contribution in [1.29, 1.82) is 0 Å². The second-order valence-corrected chi connectivity index (χ2v) is 5.16. The number of methoxy groups -OCH3 is 2. The molecule has 0 amide bonds. The van der Waals surface area contributed by atoms with Gasteiger partial charge in [-0.05, 0) is 11.4 Å². The number of aliphatic hydroxyl groups is 1. The van der Waals surface area contributed by atoms with Gasteiger partial charge in [0.05, 0.1) is 25.2 Å². The lowest BCUT2D eigenvalue weighted by molar-refractivity contribution is -0.170. The van der Waals surface area contributed by atoms with E-state index in [2.05, 4.69) is 10.0 Å². The highest BCUT2D eigenvalue weighted by molar-refractivity contribution is 5.77. The SMILES string of the molecule is COC(=O)[C@@H]1[C@H]2[C@H](OC(C)=O)[C@@H](OC)[C@H](O)[C@@H](N=[N+]=[N-])[C@@H]12. The minimum atomic E-state index is -1.16. The van der Waals surface area contributed by atoms with E-state index in [1.54, 1.807) is 0 Å². The Morgan fingerprint density at radius 1 is 1.24 bits per heavy atom. The Morgan fingerprint density at radius 3 is 2.38 bits per heavy atom. The Labute approximate surface area is 120 Å². The number of aliphatic hydroxyl groups excluding tert-OH is 1. The van der Waals surface area contributed by atoms with Gasteiger partial charge in [0.25, 0.3) is 0 Å². The van der Waals surface area contributed by atoms with Gasteiger partial charge in [0.15, 0.2) is 0 Å². The first kappa shape index (κ1) is 15.6. The summed E-state index contributed by atoms with van der Waals surface area (Å²) in [5, 5.41) is 13.8. The molecule has 0 aromatic carbocycles. The molecule has 0 spiro atoms. The van der Waals surface area contributed by atoms with E-state index >= 15 is 0 Å². The molecule has 1 N–H and O–H groups in total. The number of ether oxygens (including phenoxy) is 3. The molecular formula is C12H17N3O6. The third-order valence-corrected chi connectivity index (χ3v) is 4.15. The summed E-state index contributed by atoms with van der Waals surface area (Å²) in [5.41, 5.74) is 8.63. The van der Waals surface area contributed by atoms with Crippen LogP contribution in [0, 0.1) is 17.8 Å². The number of nitrogens with zero attached hydrogens (tertiary/aromatic N) is 3. The fourth-order valence-electron chi connectivity index (χ4n) is 3.32. The van der Waals surface area contributed by atoms with Gasteiger partial charge < -0.3 is 19.3 Å². The van der Waals surface area contributed by atoms with Gasteiger partial charge in [-0.3, -0.25) is 9.59 Å². The molecule has 9 heteroatoms. The van der Waals surface area contributed by atoms with Gasteiger partial charge in [0, 0.05) is 24.9 Å². The molecule has 0 aromatic heterocycles. The zero-order chi connectivity index (χ0) is 15.7. The van der Waals surface area contributed by atoms with Crippen LogP contribution in [-0.4, -0.2) is 55.6 Å². The molecule has 2 fully saturated rings. The van der Waals surface area contributed by atoms with Crippen molar-refractivity contribution < 1.29 is 28.9 Å². The minimum absolute atomic E-state index is 0.384. The smallest absolute Gasteiger partial charge is 0.309 e. The van der Waals surface area contributed by atoms with E-state index in [-0.39, 0.29) is 5.92 Å². The molecule has 0 aromatic rings. The van der Waals surface area contributed by atoms with Gasteiger partial charge in [-0.15, -0.1) is 0 Å². The molecule has 21 heavy (non-hydrogen) atoms. The average molecular weight is 299 g/mol. The normalized spacial score (nSPS) is 40.5. The third kappa shape index (κ3) is 2.55. The van der Waals surface area contributed by atoms with Crippen molar-refractivity contribution in [3.63, 3.8) is 0 Å². The van der Waals surface area contributed by atoms with E-state index in [9.17, 15) is 14.7 Å². The summed E-state index contributed by atoms with van der Waals surface area (Å²) in [6.07, 6.45) is -2.80. The van der Waals surface area contributed by atoms with Crippen molar-refractivity contribution in [2.45, 2.75) is 31.3 Å². The molecule has 0 saturated heterocycles. The van der Waals surface area contributed by atoms with Crippen LogP contribution in [-0.2, 0) is 23.8 Å². The van der Waals surface area contributed by atoms with Gasteiger partial charge in [-0.1, -0.05) is 5.11 Å². The van der Waals surface area contributed by atoms with Crippen LogP contribution in [0.2, 0.25) is 0 Å². The van der Waals surface area contributed by atoms with Crippen LogP contribution in [0.3, 0.4) is 0 Å². The van der Waals surface area contributed by atoms with Crippen LogP contribution >= 0.6 is 0 Å². The fraction of sp³-hybridized carbons (Fsp3) is 0.833. The molecule has 9 nitrogen and oxygen atoms in total. The maximum absolute atomic E-state index is 11.8. The van der Waals surface area contributed by atoms with Crippen LogP contribution in [0.1, 0.15) is 6.92 Å². The molecule has 116 valence electrons. The Hall–Kier alpha value is -1.83. The van der Waals surface area contributed by atoms with Crippen molar-refractivity contribution in [3.8, 4) is 0 Å². The molecule has 0 bridgehead atoms. The lowest BCUT2D eigenvalue weighted by atomic mass is 9.88. The number of fused-ring (bicyclic) bond motifs is 1. The van der Waals surface area contributed by atoms with Crippen LogP contribution in [0.5, 0.6) is 0 Å². The van der Waals surface area contributed by atoms with Crippen molar-refractivity contribution in [3.05, 3.63) is 10.4 Å². The highest BCUT2D eigenvalue weighted by Gasteiger charge is 2.70. The van der Waals surface area contributed by atoms with E-state index < -0.39 is 48.1 Å². The maximum atomic E-state index is 11.8. The predicted molar refractivity (Wildman–Crippen MR) is 67.8 cm³/mol. The summed E-state index contributed by atoms with van der Waals surface area (Å²) in [4.78, 5) is 25.8. The van der Waals surface area contributed by atoms with Crippen LogP contribution < -0.4 is 0 Å². The van der Waals surface area contributed by atoms with Gasteiger partial charge in [-0.25, -0.2) is 0 Å². The summed E-state index contributed by atoms with van der Waals surface area (Å²) in [5.74, 6) is -2.40. The van der Waals surface area contributed by atoms with E-state index in [0.717, 1.165) is 0 Å². The second kappa shape index (κ2) is 5.88. The number of azide groups is 1. The molecule has 2 aliphatic rings. The predicted octanol–water partition coefficient (Wildman–Crippen LogP) is 0.0217. The standard InChI is InChI=1S/C12H17N3O6/c1-4(16)21-10-6-5(7(6)12(18)20-3)8(14-15-13)9(17)11(10)19-2/h5-11,17H,1-3H3/t5-,6+,7+,8+,9-,10+,11+/m1/s1. The molecule has 7 atom stereocenters. The molecule has 2 aliphatic carbocycles. The number of hydrogen-bond acceptors (Lipinski definition) is 7. The molecule has 2 rings (SSSR count). The molecule has 0 radical (unpaired) electrons. The molecule has 0 aliphatic heterocycles. The molecule has 2 saturated carbocycles. The van der Waals surface area contributed by atoms with Crippen molar-refractivity contribution >= 4 is 11.9 Å². The Balaban J connectivity index is 2.33. The largest absolute Gasteiger partial charge is 0.469 e. The zero-order valence-electron chi connectivity index (χ0n) is 11.9. The Kier molecular flexibility index (Phi) is 4.36. The number of rotatable bonds is 4. The summed E-state index contributed by atoms with van der Waals surface area (Å²) < 4.78 is 15.1. The second-order valence-electron chi connectivity index (χ2n) is 5.16. The Bertz CT molecular complexity index is 491. The summed E-state index contributed by atoms with van der Waals surface area (Å²) >= 11 is 0. The van der Waals surface area contributed by atoms with Gasteiger partial charge in [-0.2, -0.15) is 0 Å². The Morgan fingerprint density at radius 2 is 1.90 bits per heavy atom. The number of esters is 2. The highest BCUT2D eigenvalue weighted by atomic mass is 16.6.